The van der Waals surface area contributed by atoms with Crippen LogP contribution in [-0.4, -0.2) is 74.3 Å². The molecule has 2 heterocycles. The highest BCUT2D eigenvalue weighted by Gasteiger charge is 2.43. The number of nitrogens with one attached hydrogen (secondary N) is 1. The topological polar surface area (TPSA) is 54.0 Å². The summed E-state index contributed by atoms with van der Waals surface area (Å²) in [6.07, 6.45) is 5.33. The van der Waals surface area contributed by atoms with Gasteiger partial charge in [0.1, 0.15) is 5.75 Å². The van der Waals surface area contributed by atoms with Gasteiger partial charge in [-0.1, -0.05) is 31.0 Å². The maximum Gasteiger partial charge on any atom is 0.225 e. The molecule has 1 N–H and O–H groups in total. The first-order chi connectivity index (χ1) is 13.7. The molecule has 0 bridgehead atoms. The standard InChI is InChI=1S/C22H33N3O3/c1-27-20-7-3-2-6-18(20)19-17-23-10-11-25(19)21(26)16-22(8-4-5-9-22)24-12-14-28-15-13-24/h2-3,6-7,19,23H,4-5,8-17H2,1H3. The van der Waals surface area contributed by atoms with Crippen LogP contribution in [0.2, 0.25) is 0 Å². The number of piperazine rings is 1. The first-order valence-corrected chi connectivity index (χ1v) is 10.7. The number of benzene rings is 1. The lowest BCUT2D eigenvalue weighted by atomic mass is 9.89. The predicted molar refractivity (Wildman–Crippen MR) is 109 cm³/mol. The van der Waals surface area contributed by atoms with Crippen molar-refractivity contribution >= 4 is 5.91 Å². The van der Waals surface area contributed by atoms with Crippen LogP contribution in [-0.2, 0) is 9.53 Å². The Hall–Kier alpha value is -1.63. The van der Waals surface area contributed by atoms with Gasteiger partial charge in [-0.15, -0.1) is 0 Å². The van der Waals surface area contributed by atoms with E-state index in [4.69, 9.17) is 9.47 Å². The molecule has 28 heavy (non-hydrogen) atoms. The lowest BCUT2D eigenvalue weighted by Crippen LogP contribution is -2.56. The van der Waals surface area contributed by atoms with E-state index in [-0.39, 0.29) is 17.5 Å². The summed E-state index contributed by atoms with van der Waals surface area (Å²) in [5.41, 5.74) is 1.12. The zero-order valence-corrected chi connectivity index (χ0v) is 17.0. The van der Waals surface area contributed by atoms with Gasteiger partial charge in [0.25, 0.3) is 0 Å². The molecule has 6 heteroatoms. The molecule has 0 spiro atoms. The van der Waals surface area contributed by atoms with Gasteiger partial charge >= 0.3 is 0 Å². The first-order valence-electron chi connectivity index (χ1n) is 10.7. The van der Waals surface area contributed by atoms with Gasteiger partial charge in [-0.3, -0.25) is 9.69 Å². The van der Waals surface area contributed by atoms with Crippen molar-refractivity contribution in [1.29, 1.82) is 0 Å². The Kier molecular flexibility index (Phi) is 6.19. The molecule has 1 atom stereocenters. The number of hydrogen-bond donors (Lipinski definition) is 1. The number of carbonyl (C=O) groups excluding carboxylic acids is 1. The normalized spacial score (nSPS) is 25.6. The maximum atomic E-state index is 13.6. The minimum absolute atomic E-state index is 0.0249. The third-order valence-corrected chi connectivity index (χ3v) is 6.76. The van der Waals surface area contributed by atoms with E-state index in [1.165, 1.54) is 12.8 Å². The Morgan fingerprint density at radius 3 is 2.71 bits per heavy atom. The zero-order valence-electron chi connectivity index (χ0n) is 17.0. The van der Waals surface area contributed by atoms with Crippen LogP contribution in [0.25, 0.3) is 0 Å². The number of methoxy groups -OCH3 is 1. The van der Waals surface area contributed by atoms with Gasteiger partial charge in [0, 0.05) is 50.2 Å². The van der Waals surface area contributed by atoms with Crippen molar-refractivity contribution in [1.82, 2.24) is 15.1 Å². The molecule has 2 aliphatic heterocycles. The summed E-state index contributed by atoms with van der Waals surface area (Å²) in [5, 5.41) is 3.46. The minimum atomic E-state index is 0.0249. The number of carbonyl (C=O) groups is 1. The molecule has 154 valence electrons. The van der Waals surface area contributed by atoms with Crippen molar-refractivity contribution in [3.8, 4) is 5.75 Å². The highest BCUT2D eigenvalue weighted by Crippen LogP contribution is 2.40. The second-order valence-electron chi connectivity index (χ2n) is 8.26. The molecular formula is C22H33N3O3. The quantitative estimate of drug-likeness (QED) is 0.840. The largest absolute Gasteiger partial charge is 0.496 e. The van der Waals surface area contributed by atoms with E-state index in [1.54, 1.807) is 7.11 Å². The number of hydrogen-bond acceptors (Lipinski definition) is 5. The monoisotopic (exact) mass is 387 g/mol. The summed E-state index contributed by atoms with van der Waals surface area (Å²) in [7, 11) is 1.70. The average molecular weight is 388 g/mol. The van der Waals surface area contributed by atoms with Crippen molar-refractivity contribution in [2.75, 3.05) is 53.0 Å². The first kappa shape index (κ1) is 19.7. The van der Waals surface area contributed by atoms with Crippen LogP contribution < -0.4 is 10.1 Å². The molecule has 4 rings (SSSR count). The van der Waals surface area contributed by atoms with Crippen molar-refractivity contribution in [3.05, 3.63) is 29.8 Å². The molecule has 1 aliphatic carbocycles. The Bertz CT molecular complexity index is 669. The van der Waals surface area contributed by atoms with Crippen LogP contribution in [0.1, 0.15) is 43.7 Å². The third kappa shape index (κ3) is 3.91. The molecule has 2 saturated heterocycles. The van der Waals surface area contributed by atoms with Crippen LogP contribution in [0.4, 0.5) is 0 Å². The SMILES string of the molecule is COc1ccccc1C1CNCCN1C(=O)CC1(N2CCOCC2)CCCC1. The number of ether oxygens (including phenoxy) is 2. The molecule has 1 unspecified atom stereocenters. The molecule has 6 nitrogen and oxygen atoms in total. The van der Waals surface area contributed by atoms with Crippen LogP contribution in [0.5, 0.6) is 5.75 Å². The number of nitrogens with zero attached hydrogens (tertiary/aromatic N) is 2. The highest BCUT2D eigenvalue weighted by molar-refractivity contribution is 5.78. The van der Waals surface area contributed by atoms with E-state index >= 15 is 0 Å². The van der Waals surface area contributed by atoms with Crippen LogP contribution in [0.15, 0.2) is 24.3 Å². The second-order valence-corrected chi connectivity index (χ2v) is 8.26. The summed E-state index contributed by atoms with van der Waals surface area (Å²) in [5.74, 6) is 1.14. The van der Waals surface area contributed by atoms with Gasteiger partial charge in [-0.2, -0.15) is 0 Å². The highest BCUT2D eigenvalue weighted by atomic mass is 16.5. The minimum Gasteiger partial charge on any atom is -0.496 e. The van der Waals surface area contributed by atoms with Gasteiger partial charge in [-0.25, -0.2) is 0 Å². The van der Waals surface area contributed by atoms with Crippen molar-refractivity contribution < 1.29 is 14.3 Å². The molecule has 3 aliphatic rings. The molecule has 1 saturated carbocycles. The van der Waals surface area contributed by atoms with Gasteiger partial charge in [-0.05, 0) is 18.9 Å². The van der Waals surface area contributed by atoms with Gasteiger partial charge in [0.15, 0.2) is 0 Å². The van der Waals surface area contributed by atoms with Crippen LogP contribution >= 0.6 is 0 Å². The molecule has 1 amide bonds. The molecular weight excluding hydrogens is 354 g/mol. The molecule has 1 aromatic rings. The summed E-state index contributed by atoms with van der Waals surface area (Å²) in [4.78, 5) is 18.2. The van der Waals surface area contributed by atoms with Crippen molar-refractivity contribution in [3.63, 3.8) is 0 Å². The van der Waals surface area contributed by atoms with E-state index in [0.29, 0.717) is 6.42 Å². The predicted octanol–water partition coefficient (Wildman–Crippen LogP) is 2.20. The Balaban J connectivity index is 1.54. The molecule has 3 fully saturated rings. The number of amides is 1. The van der Waals surface area contributed by atoms with Gasteiger partial charge in [0.2, 0.25) is 5.91 Å². The van der Waals surface area contributed by atoms with Crippen molar-refractivity contribution in [2.24, 2.45) is 0 Å². The third-order valence-electron chi connectivity index (χ3n) is 6.76. The van der Waals surface area contributed by atoms with Crippen molar-refractivity contribution in [2.45, 2.75) is 43.7 Å². The van der Waals surface area contributed by atoms with E-state index in [0.717, 1.165) is 70.1 Å². The Labute approximate surface area is 168 Å². The maximum absolute atomic E-state index is 13.6. The Morgan fingerprint density at radius 2 is 1.96 bits per heavy atom. The molecule has 1 aromatic carbocycles. The fourth-order valence-electron chi connectivity index (χ4n) is 5.28. The smallest absolute Gasteiger partial charge is 0.225 e. The van der Waals surface area contributed by atoms with E-state index < -0.39 is 0 Å². The number of rotatable bonds is 5. The summed E-state index contributed by atoms with van der Waals surface area (Å²) in [6, 6.07) is 8.11. The fourth-order valence-corrected chi connectivity index (χ4v) is 5.28. The van der Waals surface area contributed by atoms with Crippen LogP contribution in [0, 0.1) is 0 Å². The lowest BCUT2D eigenvalue weighted by Gasteiger charge is -2.45. The Morgan fingerprint density at radius 1 is 1.21 bits per heavy atom. The van der Waals surface area contributed by atoms with Crippen LogP contribution in [0.3, 0.4) is 0 Å². The van der Waals surface area contributed by atoms with Gasteiger partial charge < -0.3 is 19.7 Å². The molecule has 0 radical (unpaired) electrons. The van der Waals surface area contributed by atoms with Gasteiger partial charge in [0.05, 0.1) is 26.4 Å². The molecule has 0 aromatic heterocycles. The lowest BCUT2D eigenvalue weighted by molar-refractivity contribution is -0.139. The average Bonchev–Trinajstić information content (AvgIpc) is 3.24. The summed E-state index contributed by atoms with van der Waals surface area (Å²) in [6.45, 7) is 5.84. The summed E-state index contributed by atoms with van der Waals surface area (Å²) >= 11 is 0. The van der Waals surface area contributed by atoms with E-state index in [1.807, 2.05) is 18.2 Å². The number of morpholine rings is 1. The fraction of sp³-hybridized carbons (Fsp3) is 0.682. The number of para-hydroxylation sites is 1. The van der Waals surface area contributed by atoms with E-state index in [9.17, 15) is 4.79 Å². The zero-order chi connectivity index (χ0) is 19.4. The van der Waals surface area contributed by atoms with E-state index in [2.05, 4.69) is 21.2 Å². The summed E-state index contributed by atoms with van der Waals surface area (Å²) < 4.78 is 11.2. The second kappa shape index (κ2) is 8.80.